The van der Waals surface area contributed by atoms with Gasteiger partial charge in [-0.3, -0.25) is 9.59 Å². The second-order valence-electron chi connectivity index (χ2n) is 6.01. The lowest BCUT2D eigenvalue weighted by Gasteiger charge is -2.14. The van der Waals surface area contributed by atoms with Crippen LogP contribution in [-0.4, -0.2) is 18.4 Å². The fourth-order valence-electron chi connectivity index (χ4n) is 2.35. The minimum atomic E-state index is -0.253. The van der Waals surface area contributed by atoms with E-state index < -0.39 is 0 Å². The molecule has 0 heterocycles. The maximum absolute atomic E-state index is 12.6. The fourth-order valence-corrected chi connectivity index (χ4v) is 2.35. The predicted molar refractivity (Wildman–Crippen MR) is 100 cm³/mol. The molecule has 25 heavy (non-hydrogen) atoms. The van der Waals surface area contributed by atoms with Crippen molar-refractivity contribution in [1.82, 2.24) is 0 Å². The molecule has 0 atom stereocenters. The highest BCUT2D eigenvalue weighted by atomic mass is 16.5. The van der Waals surface area contributed by atoms with Gasteiger partial charge < -0.3 is 15.4 Å². The topological polar surface area (TPSA) is 67.4 Å². The van der Waals surface area contributed by atoms with E-state index >= 15 is 0 Å². The van der Waals surface area contributed by atoms with Gasteiger partial charge in [0.15, 0.2) is 0 Å². The number of rotatable bonds is 6. The van der Waals surface area contributed by atoms with E-state index in [1.165, 1.54) is 6.92 Å². The summed E-state index contributed by atoms with van der Waals surface area (Å²) in [4.78, 5) is 23.9. The van der Waals surface area contributed by atoms with Gasteiger partial charge in [-0.1, -0.05) is 19.1 Å². The number of nitrogens with one attached hydrogen (secondary N) is 2. The summed E-state index contributed by atoms with van der Waals surface area (Å²) in [6.45, 7) is 7.91. The molecule has 132 valence electrons. The molecule has 0 aliphatic heterocycles. The van der Waals surface area contributed by atoms with Crippen LogP contribution < -0.4 is 15.4 Å². The van der Waals surface area contributed by atoms with Crippen LogP contribution in [0.4, 0.5) is 11.4 Å². The average Bonchev–Trinajstić information content (AvgIpc) is 2.56. The van der Waals surface area contributed by atoms with E-state index in [1.54, 1.807) is 12.1 Å². The van der Waals surface area contributed by atoms with Crippen LogP contribution in [0.2, 0.25) is 0 Å². The summed E-state index contributed by atoms with van der Waals surface area (Å²) in [7, 11) is 0. The van der Waals surface area contributed by atoms with Crippen molar-refractivity contribution in [2.75, 3.05) is 17.2 Å². The van der Waals surface area contributed by atoms with Gasteiger partial charge in [-0.25, -0.2) is 0 Å². The summed E-state index contributed by atoms with van der Waals surface area (Å²) in [5.41, 5.74) is 3.69. The number of aryl methyl sites for hydroxylation is 2. The van der Waals surface area contributed by atoms with Crippen molar-refractivity contribution in [3.05, 3.63) is 53.1 Å². The molecule has 2 N–H and O–H groups in total. The number of hydrogen-bond acceptors (Lipinski definition) is 3. The minimum Gasteiger partial charge on any atom is -0.491 e. The van der Waals surface area contributed by atoms with E-state index in [0.29, 0.717) is 29.3 Å². The maximum Gasteiger partial charge on any atom is 0.255 e. The Morgan fingerprint density at radius 1 is 1.00 bits per heavy atom. The van der Waals surface area contributed by atoms with Gasteiger partial charge in [-0.05, 0) is 55.7 Å². The zero-order valence-electron chi connectivity index (χ0n) is 15.1. The summed E-state index contributed by atoms with van der Waals surface area (Å²) in [6.07, 6.45) is 0.888. The second kappa shape index (κ2) is 8.33. The van der Waals surface area contributed by atoms with E-state index in [-0.39, 0.29) is 11.8 Å². The number of hydrogen-bond donors (Lipinski definition) is 2. The number of benzene rings is 2. The molecule has 0 bridgehead atoms. The first-order valence-corrected chi connectivity index (χ1v) is 8.33. The molecular weight excluding hydrogens is 316 g/mol. The van der Waals surface area contributed by atoms with Crippen LogP contribution in [-0.2, 0) is 4.79 Å². The molecular formula is C20H24N2O3. The monoisotopic (exact) mass is 340 g/mol. The Hall–Kier alpha value is -2.82. The molecule has 2 amide bonds. The van der Waals surface area contributed by atoms with Crippen LogP contribution in [0.1, 0.15) is 41.8 Å². The molecule has 0 fully saturated rings. The first-order chi connectivity index (χ1) is 11.9. The van der Waals surface area contributed by atoms with Crippen LogP contribution in [0.5, 0.6) is 5.75 Å². The van der Waals surface area contributed by atoms with E-state index in [4.69, 9.17) is 4.74 Å². The lowest BCUT2D eigenvalue weighted by Crippen LogP contribution is -2.14. The average molecular weight is 340 g/mol. The maximum atomic E-state index is 12.6. The zero-order chi connectivity index (χ0) is 18.4. The summed E-state index contributed by atoms with van der Waals surface area (Å²) in [6, 6.07) is 10.9. The van der Waals surface area contributed by atoms with Gasteiger partial charge in [0.25, 0.3) is 5.91 Å². The van der Waals surface area contributed by atoms with Gasteiger partial charge in [-0.15, -0.1) is 0 Å². The lowest BCUT2D eigenvalue weighted by molar-refractivity contribution is -0.114. The minimum absolute atomic E-state index is 0.172. The van der Waals surface area contributed by atoms with E-state index in [9.17, 15) is 9.59 Å². The predicted octanol–water partition coefficient (Wildman–Crippen LogP) is 4.30. The van der Waals surface area contributed by atoms with Crippen LogP contribution >= 0.6 is 0 Å². The van der Waals surface area contributed by atoms with Gasteiger partial charge in [0.05, 0.1) is 12.3 Å². The standard InChI is InChI=1S/C20H24N2O3/c1-5-10-25-19-11-13(2)6-9-17(19)22-20(24)16-8-7-14(3)18(12-16)21-15(4)23/h6-9,11-12H,5,10H2,1-4H3,(H,21,23)(H,22,24). The molecule has 0 aliphatic rings. The lowest BCUT2D eigenvalue weighted by atomic mass is 10.1. The van der Waals surface area contributed by atoms with Crippen molar-refractivity contribution in [3.8, 4) is 5.75 Å². The highest BCUT2D eigenvalue weighted by Gasteiger charge is 2.12. The van der Waals surface area contributed by atoms with Crippen molar-refractivity contribution in [2.45, 2.75) is 34.1 Å². The fraction of sp³-hybridized carbons (Fsp3) is 0.300. The number of anilines is 2. The largest absolute Gasteiger partial charge is 0.491 e. The van der Waals surface area contributed by atoms with Crippen LogP contribution in [0, 0.1) is 13.8 Å². The third-order valence-electron chi connectivity index (χ3n) is 3.66. The molecule has 5 heteroatoms. The van der Waals surface area contributed by atoms with Crippen molar-refractivity contribution in [1.29, 1.82) is 0 Å². The summed E-state index contributed by atoms with van der Waals surface area (Å²) >= 11 is 0. The third kappa shape index (κ3) is 5.08. The second-order valence-corrected chi connectivity index (χ2v) is 6.01. The zero-order valence-corrected chi connectivity index (χ0v) is 15.1. The number of amides is 2. The normalized spacial score (nSPS) is 10.2. The van der Waals surface area contributed by atoms with Gasteiger partial charge >= 0.3 is 0 Å². The highest BCUT2D eigenvalue weighted by Crippen LogP contribution is 2.27. The van der Waals surface area contributed by atoms with Crippen molar-refractivity contribution in [2.24, 2.45) is 0 Å². The Balaban J connectivity index is 2.23. The molecule has 2 aromatic rings. The van der Waals surface area contributed by atoms with Crippen LogP contribution in [0.15, 0.2) is 36.4 Å². The molecule has 0 unspecified atom stereocenters. The number of carbonyl (C=O) groups excluding carboxylic acids is 2. The summed E-state index contributed by atoms with van der Waals surface area (Å²) in [5.74, 6) is 0.232. The van der Waals surface area contributed by atoms with E-state index in [1.807, 2.05) is 45.0 Å². The molecule has 0 saturated heterocycles. The molecule has 0 aliphatic carbocycles. The molecule has 2 aromatic carbocycles. The van der Waals surface area contributed by atoms with Gasteiger partial charge in [0.2, 0.25) is 5.91 Å². The number of carbonyl (C=O) groups is 2. The van der Waals surface area contributed by atoms with Crippen LogP contribution in [0.3, 0.4) is 0 Å². The molecule has 0 spiro atoms. The van der Waals surface area contributed by atoms with Gasteiger partial charge in [-0.2, -0.15) is 0 Å². The molecule has 5 nitrogen and oxygen atoms in total. The Kier molecular flexibility index (Phi) is 6.17. The van der Waals surface area contributed by atoms with Crippen molar-refractivity contribution in [3.63, 3.8) is 0 Å². The van der Waals surface area contributed by atoms with E-state index in [2.05, 4.69) is 10.6 Å². The Morgan fingerprint density at radius 3 is 2.44 bits per heavy atom. The Bertz CT molecular complexity index is 785. The van der Waals surface area contributed by atoms with Crippen LogP contribution in [0.25, 0.3) is 0 Å². The quantitative estimate of drug-likeness (QED) is 0.824. The molecule has 0 aromatic heterocycles. The van der Waals surface area contributed by atoms with Gasteiger partial charge in [0, 0.05) is 18.2 Å². The summed E-state index contributed by atoms with van der Waals surface area (Å²) in [5, 5.41) is 5.62. The van der Waals surface area contributed by atoms with E-state index in [0.717, 1.165) is 17.5 Å². The Labute approximate surface area is 148 Å². The first kappa shape index (κ1) is 18.5. The first-order valence-electron chi connectivity index (χ1n) is 8.33. The smallest absolute Gasteiger partial charge is 0.255 e. The highest BCUT2D eigenvalue weighted by molar-refractivity contribution is 6.06. The molecule has 0 radical (unpaired) electrons. The Morgan fingerprint density at radius 2 is 1.76 bits per heavy atom. The molecule has 2 rings (SSSR count). The SMILES string of the molecule is CCCOc1cc(C)ccc1NC(=O)c1ccc(C)c(NC(C)=O)c1. The molecule has 0 saturated carbocycles. The van der Waals surface area contributed by atoms with Crippen molar-refractivity contribution < 1.29 is 14.3 Å². The third-order valence-corrected chi connectivity index (χ3v) is 3.66. The van der Waals surface area contributed by atoms with Crippen molar-refractivity contribution >= 4 is 23.2 Å². The number of ether oxygens (including phenoxy) is 1. The van der Waals surface area contributed by atoms with Gasteiger partial charge in [0.1, 0.15) is 5.75 Å². The summed E-state index contributed by atoms with van der Waals surface area (Å²) < 4.78 is 5.73.